The van der Waals surface area contributed by atoms with Gasteiger partial charge in [0, 0.05) is 6.04 Å². The Hall–Kier alpha value is -1.53. The van der Waals surface area contributed by atoms with E-state index in [-0.39, 0.29) is 6.61 Å². The Morgan fingerprint density at radius 3 is 2.67 bits per heavy atom. The molecule has 1 aliphatic carbocycles. The largest absolute Gasteiger partial charge is 0.479 e. The van der Waals surface area contributed by atoms with Gasteiger partial charge in [-0.2, -0.15) is 5.26 Å². The van der Waals surface area contributed by atoms with E-state index in [2.05, 4.69) is 31.3 Å². The molecule has 1 fully saturated rings. The minimum Gasteiger partial charge on any atom is -0.479 e. The Labute approximate surface area is 128 Å². The second-order valence-corrected chi connectivity index (χ2v) is 6.17. The molecule has 0 heterocycles. The van der Waals surface area contributed by atoms with E-state index < -0.39 is 0 Å². The molecule has 1 aromatic carbocycles. The number of benzene rings is 1. The molecule has 3 nitrogen and oxygen atoms in total. The van der Waals surface area contributed by atoms with Crippen molar-refractivity contribution in [2.75, 3.05) is 13.2 Å². The lowest BCUT2D eigenvalue weighted by molar-refractivity contribution is 0.242. The number of hydrogen-bond acceptors (Lipinski definition) is 3. The average Bonchev–Trinajstić information content (AvgIpc) is 2.52. The third-order valence-corrected chi connectivity index (χ3v) is 4.66. The summed E-state index contributed by atoms with van der Waals surface area (Å²) in [7, 11) is 0. The first kappa shape index (κ1) is 15.9. The zero-order valence-corrected chi connectivity index (χ0v) is 13.1. The standard InChI is InChI=1S/C18H26N2O/c1-14-5-3-4-6-17(14)13-20-15(2)16-7-9-18(10-8-16)21-12-11-19/h7-10,14-15,17,20H,3-6,12-13H2,1-2H3. The van der Waals surface area contributed by atoms with E-state index in [4.69, 9.17) is 10.00 Å². The van der Waals surface area contributed by atoms with Crippen molar-refractivity contribution in [3.05, 3.63) is 29.8 Å². The third-order valence-electron chi connectivity index (χ3n) is 4.66. The number of hydrogen-bond donors (Lipinski definition) is 1. The highest BCUT2D eigenvalue weighted by atomic mass is 16.5. The summed E-state index contributed by atoms with van der Waals surface area (Å²) < 4.78 is 5.28. The molecule has 0 aliphatic heterocycles. The van der Waals surface area contributed by atoms with Crippen LogP contribution in [0.4, 0.5) is 0 Å². The fourth-order valence-electron chi connectivity index (χ4n) is 3.11. The van der Waals surface area contributed by atoms with Gasteiger partial charge in [0.25, 0.3) is 0 Å². The number of nitriles is 1. The summed E-state index contributed by atoms with van der Waals surface area (Å²) in [6.07, 6.45) is 5.53. The third kappa shape index (κ3) is 4.75. The average molecular weight is 286 g/mol. The number of nitrogens with zero attached hydrogens (tertiary/aromatic N) is 1. The molecule has 0 radical (unpaired) electrons. The lowest BCUT2D eigenvalue weighted by Crippen LogP contribution is -2.31. The van der Waals surface area contributed by atoms with Crippen molar-refractivity contribution < 1.29 is 4.74 Å². The lowest BCUT2D eigenvalue weighted by Gasteiger charge is -2.30. The predicted molar refractivity (Wildman–Crippen MR) is 85.1 cm³/mol. The lowest BCUT2D eigenvalue weighted by atomic mass is 9.80. The molecule has 3 unspecified atom stereocenters. The van der Waals surface area contributed by atoms with Crippen LogP contribution in [0.15, 0.2) is 24.3 Å². The molecule has 0 spiro atoms. The van der Waals surface area contributed by atoms with Gasteiger partial charge in [-0.05, 0) is 49.4 Å². The van der Waals surface area contributed by atoms with Gasteiger partial charge in [-0.25, -0.2) is 0 Å². The van der Waals surface area contributed by atoms with E-state index in [1.54, 1.807) is 0 Å². The minimum atomic E-state index is 0.104. The SMILES string of the molecule is CC(NCC1CCCCC1C)c1ccc(OCC#N)cc1. The van der Waals surface area contributed by atoms with Crippen molar-refractivity contribution in [1.29, 1.82) is 5.26 Å². The normalized spacial score (nSPS) is 23.3. The maximum absolute atomic E-state index is 8.50. The van der Waals surface area contributed by atoms with Gasteiger partial charge in [0.15, 0.2) is 6.61 Å². The summed E-state index contributed by atoms with van der Waals surface area (Å²) in [5.74, 6) is 2.42. The highest BCUT2D eigenvalue weighted by Crippen LogP contribution is 2.29. The van der Waals surface area contributed by atoms with Crippen LogP contribution in [0.2, 0.25) is 0 Å². The molecule has 1 saturated carbocycles. The molecule has 3 atom stereocenters. The first-order valence-electron chi connectivity index (χ1n) is 8.04. The molecule has 0 amide bonds. The van der Waals surface area contributed by atoms with Crippen molar-refractivity contribution in [3.63, 3.8) is 0 Å². The van der Waals surface area contributed by atoms with Crippen LogP contribution in [0.25, 0.3) is 0 Å². The summed E-state index contributed by atoms with van der Waals surface area (Å²) in [5, 5.41) is 12.2. The molecule has 2 rings (SSSR count). The smallest absolute Gasteiger partial charge is 0.174 e. The fourth-order valence-corrected chi connectivity index (χ4v) is 3.11. The van der Waals surface area contributed by atoms with Crippen molar-refractivity contribution >= 4 is 0 Å². The van der Waals surface area contributed by atoms with Gasteiger partial charge >= 0.3 is 0 Å². The number of rotatable bonds is 6. The molecule has 3 heteroatoms. The number of nitrogens with one attached hydrogen (secondary N) is 1. The van der Waals surface area contributed by atoms with Gasteiger partial charge in [-0.15, -0.1) is 0 Å². The van der Waals surface area contributed by atoms with Crippen LogP contribution in [0.5, 0.6) is 5.75 Å². The van der Waals surface area contributed by atoms with Gasteiger partial charge in [-0.1, -0.05) is 38.3 Å². The Kier molecular flexibility index (Phi) is 6.07. The van der Waals surface area contributed by atoms with Gasteiger partial charge < -0.3 is 10.1 Å². The van der Waals surface area contributed by atoms with Crippen molar-refractivity contribution in [3.8, 4) is 11.8 Å². The van der Waals surface area contributed by atoms with Crippen LogP contribution in [-0.2, 0) is 0 Å². The molecule has 114 valence electrons. The molecule has 21 heavy (non-hydrogen) atoms. The van der Waals surface area contributed by atoms with Crippen LogP contribution < -0.4 is 10.1 Å². The maximum atomic E-state index is 8.50. The van der Waals surface area contributed by atoms with Crippen LogP contribution in [0.3, 0.4) is 0 Å². The zero-order chi connectivity index (χ0) is 15.1. The van der Waals surface area contributed by atoms with Crippen LogP contribution in [-0.4, -0.2) is 13.2 Å². The van der Waals surface area contributed by atoms with Gasteiger partial charge in [0.1, 0.15) is 11.8 Å². The summed E-state index contributed by atoms with van der Waals surface area (Å²) in [5.41, 5.74) is 1.27. The van der Waals surface area contributed by atoms with Crippen molar-refractivity contribution in [1.82, 2.24) is 5.32 Å². The summed E-state index contributed by atoms with van der Waals surface area (Å²) >= 11 is 0. The Bertz CT molecular complexity index is 463. The Balaban J connectivity index is 1.82. The van der Waals surface area contributed by atoms with Crippen LogP contribution in [0, 0.1) is 23.2 Å². The molecule has 1 aromatic rings. The first-order chi connectivity index (χ1) is 10.2. The zero-order valence-electron chi connectivity index (χ0n) is 13.1. The summed E-state index contributed by atoms with van der Waals surface area (Å²) in [6.45, 7) is 5.80. The molecular formula is C18H26N2O. The topological polar surface area (TPSA) is 45.0 Å². The Morgan fingerprint density at radius 2 is 2.00 bits per heavy atom. The van der Waals surface area contributed by atoms with Crippen LogP contribution >= 0.6 is 0 Å². The molecule has 0 aromatic heterocycles. The minimum absolute atomic E-state index is 0.104. The monoisotopic (exact) mass is 286 g/mol. The van der Waals surface area contributed by atoms with Gasteiger partial charge in [0.2, 0.25) is 0 Å². The quantitative estimate of drug-likeness (QED) is 0.857. The first-order valence-corrected chi connectivity index (χ1v) is 8.04. The second kappa shape index (κ2) is 8.05. The van der Waals surface area contributed by atoms with Crippen molar-refractivity contribution in [2.24, 2.45) is 11.8 Å². The van der Waals surface area contributed by atoms with E-state index >= 15 is 0 Å². The van der Waals surface area contributed by atoms with E-state index in [1.165, 1.54) is 31.2 Å². The molecular weight excluding hydrogens is 260 g/mol. The molecule has 0 saturated heterocycles. The van der Waals surface area contributed by atoms with E-state index in [9.17, 15) is 0 Å². The van der Waals surface area contributed by atoms with E-state index in [1.807, 2.05) is 18.2 Å². The Morgan fingerprint density at radius 1 is 1.29 bits per heavy atom. The van der Waals surface area contributed by atoms with E-state index in [0.717, 1.165) is 24.1 Å². The predicted octanol–water partition coefficient (Wildman–Crippen LogP) is 4.07. The maximum Gasteiger partial charge on any atom is 0.174 e. The molecule has 1 aliphatic rings. The van der Waals surface area contributed by atoms with E-state index in [0.29, 0.717) is 6.04 Å². The van der Waals surface area contributed by atoms with Crippen LogP contribution in [0.1, 0.15) is 51.1 Å². The highest BCUT2D eigenvalue weighted by Gasteiger charge is 2.21. The summed E-state index contributed by atoms with van der Waals surface area (Å²) in [4.78, 5) is 0. The second-order valence-electron chi connectivity index (χ2n) is 6.17. The van der Waals surface area contributed by atoms with Crippen molar-refractivity contribution in [2.45, 2.75) is 45.6 Å². The molecule has 0 bridgehead atoms. The summed E-state index contributed by atoms with van der Waals surface area (Å²) in [6, 6.07) is 10.4. The highest BCUT2D eigenvalue weighted by molar-refractivity contribution is 5.29. The van der Waals surface area contributed by atoms with Gasteiger partial charge in [0.05, 0.1) is 0 Å². The van der Waals surface area contributed by atoms with Gasteiger partial charge in [-0.3, -0.25) is 0 Å². The number of ether oxygens (including phenoxy) is 1. The molecule has 1 N–H and O–H groups in total. The fraction of sp³-hybridized carbons (Fsp3) is 0.611.